The van der Waals surface area contributed by atoms with Crippen molar-refractivity contribution in [2.24, 2.45) is 23.2 Å². The van der Waals surface area contributed by atoms with Crippen molar-refractivity contribution in [2.45, 2.75) is 97.3 Å². The van der Waals surface area contributed by atoms with Gasteiger partial charge in [0.05, 0.1) is 0 Å². The first-order valence-electron chi connectivity index (χ1n) is 10.7. The van der Waals surface area contributed by atoms with Gasteiger partial charge >= 0.3 is 0 Å². The maximum Gasteiger partial charge on any atom is -0.00533 e. The summed E-state index contributed by atoms with van der Waals surface area (Å²) in [4.78, 5) is 0. The molecule has 0 radical (unpaired) electrons. The molecule has 0 spiro atoms. The molecule has 0 saturated heterocycles. The minimum atomic E-state index is 0.543. The van der Waals surface area contributed by atoms with E-state index in [0.717, 1.165) is 17.8 Å². The predicted molar refractivity (Wildman–Crippen MR) is 99.4 cm³/mol. The van der Waals surface area contributed by atoms with Crippen LogP contribution in [0.4, 0.5) is 0 Å². The van der Waals surface area contributed by atoms with E-state index in [4.69, 9.17) is 0 Å². The van der Waals surface area contributed by atoms with Crippen molar-refractivity contribution >= 4 is 0 Å². The molecule has 0 aromatic carbocycles. The molecule has 0 N–H and O–H groups in total. The molecule has 4 aliphatic rings. The average Bonchev–Trinajstić information content (AvgIpc) is 3.23. The molecule has 4 aliphatic carbocycles. The third-order valence-corrected chi connectivity index (χ3v) is 8.33. The van der Waals surface area contributed by atoms with Crippen LogP contribution in [0.3, 0.4) is 0 Å². The number of hydrogen-bond donors (Lipinski definition) is 0. The van der Waals surface area contributed by atoms with Gasteiger partial charge in [0.15, 0.2) is 0 Å². The van der Waals surface area contributed by atoms with E-state index in [1.165, 1.54) is 64.2 Å². The second kappa shape index (κ2) is 6.41. The summed E-state index contributed by atoms with van der Waals surface area (Å²) < 4.78 is 0. The Labute approximate surface area is 143 Å². The molecule has 3 fully saturated rings. The van der Waals surface area contributed by atoms with Gasteiger partial charge in [0, 0.05) is 0 Å². The van der Waals surface area contributed by atoms with Crippen LogP contribution in [-0.2, 0) is 0 Å². The van der Waals surface area contributed by atoms with E-state index < -0.39 is 0 Å². The summed E-state index contributed by atoms with van der Waals surface area (Å²) in [5, 5.41) is 0. The normalized spacial score (nSPS) is 34.3. The number of rotatable bonds is 4. The quantitative estimate of drug-likeness (QED) is 0.514. The first kappa shape index (κ1) is 16.0. The van der Waals surface area contributed by atoms with Gasteiger partial charge in [-0.1, -0.05) is 44.8 Å². The second-order valence-electron chi connectivity index (χ2n) is 8.85. The van der Waals surface area contributed by atoms with Gasteiger partial charge in [0.1, 0.15) is 0 Å². The highest BCUT2D eigenvalue weighted by molar-refractivity contribution is 5.47. The number of hydrogen-bond acceptors (Lipinski definition) is 0. The Morgan fingerprint density at radius 3 is 2.52 bits per heavy atom. The molecule has 0 amide bonds. The predicted octanol–water partition coefficient (Wildman–Crippen LogP) is 7.21. The first-order valence-corrected chi connectivity index (χ1v) is 10.7. The lowest BCUT2D eigenvalue weighted by Gasteiger charge is -2.45. The minimum absolute atomic E-state index is 0.543. The van der Waals surface area contributed by atoms with Crippen molar-refractivity contribution in [1.82, 2.24) is 0 Å². The number of allylic oxidation sites excluding steroid dienone is 4. The van der Waals surface area contributed by atoms with Crippen LogP contribution in [-0.4, -0.2) is 0 Å². The standard InChI is InChI=1S/C23H36/c1-3-23(4-2,21-15-13-17-9-5-7-11-19(17)21)22-16-14-18-10-6-8-12-20(18)22/h13,18,20,22H,3-12,14-16H2,1-2H3. The van der Waals surface area contributed by atoms with Crippen molar-refractivity contribution < 1.29 is 0 Å². The van der Waals surface area contributed by atoms with Crippen LogP contribution in [0.5, 0.6) is 0 Å². The van der Waals surface area contributed by atoms with Crippen LogP contribution in [0, 0.1) is 23.2 Å². The second-order valence-corrected chi connectivity index (χ2v) is 8.85. The summed E-state index contributed by atoms with van der Waals surface area (Å²) in [5.41, 5.74) is 6.07. The van der Waals surface area contributed by atoms with Crippen LogP contribution in [0.2, 0.25) is 0 Å². The van der Waals surface area contributed by atoms with Crippen molar-refractivity contribution in [3.63, 3.8) is 0 Å². The topological polar surface area (TPSA) is 0 Å². The van der Waals surface area contributed by atoms with Crippen molar-refractivity contribution in [3.05, 3.63) is 22.8 Å². The molecule has 0 nitrogen and oxygen atoms in total. The molecule has 0 aromatic rings. The summed E-state index contributed by atoms with van der Waals surface area (Å²) in [6.07, 6.45) is 21.5. The van der Waals surface area contributed by atoms with E-state index in [0.29, 0.717) is 5.41 Å². The third-order valence-electron chi connectivity index (χ3n) is 8.33. The Morgan fingerprint density at radius 1 is 0.913 bits per heavy atom. The van der Waals surface area contributed by atoms with Crippen LogP contribution >= 0.6 is 0 Å². The van der Waals surface area contributed by atoms with Gasteiger partial charge < -0.3 is 0 Å². The fraction of sp³-hybridized carbons (Fsp3) is 0.826. The Bertz CT molecular complexity index is 502. The van der Waals surface area contributed by atoms with E-state index >= 15 is 0 Å². The monoisotopic (exact) mass is 312 g/mol. The Hall–Kier alpha value is -0.520. The van der Waals surface area contributed by atoms with Gasteiger partial charge in [-0.3, -0.25) is 0 Å². The molecule has 0 heterocycles. The zero-order valence-corrected chi connectivity index (χ0v) is 15.5. The summed E-state index contributed by atoms with van der Waals surface area (Å²) in [6, 6.07) is 0. The van der Waals surface area contributed by atoms with Crippen LogP contribution in [0.25, 0.3) is 0 Å². The molecule has 3 unspecified atom stereocenters. The molecule has 4 rings (SSSR count). The van der Waals surface area contributed by atoms with Crippen LogP contribution in [0.15, 0.2) is 22.8 Å². The molecule has 3 atom stereocenters. The van der Waals surface area contributed by atoms with Gasteiger partial charge in [0.25, 0.3) is 0 Å². The largest absolute Gasteiger partial charge is 0.0769 e. The molecular weight excluding hydrogens is 276 g/mol. The van der Waals surface area contributed by atoms with Gasteiger partial charge in [-0.25, -0.2) is 0 Å². The molecule has 3 saturated carbocycles. The van der Waals surface area contributed by atoms with E-state index in [-0.39, 0.29) is 0 Å². The summed E-state index contributed by atoms with van der Waals surface area (Å²) >= 11 is 0. The highest BCUT2D eigenvalue weighted by atomic mass is 14.5. The molecule has 0 bridgehead atoms. The average molecular weight is 313 g/mol. The van der Waals surface area contributed by atoms with Crippen LogP contribution < -0.4 is 0 Å². The van der Waals surface area contributed by atoms with Crippen LogP contribution in [0.1, 0.15) is 97.3 Å². The maximum absolute atomic E-state index is 2.62. The van der Waals surface area contributed by atoms with E-state index in [2.05, 4.69) is 19.9 Å². The minimum Gasteiger partial charge on any atom is -0.0769 e. The number of fused-ring (bicyclic) bond motifs is 2. The SMILES string of the molecule is CCC(CC)(C1=C2CCCCC2=CC1)C1CCC2CCCCC21. The van der Waals surface area contributed by atoms with Gasteiger partial charge in [-0.05, 0) is 98.5 Å². The highest BCUT2D eigenvalue weighted by Gasteiger charge is 2.49. The Kier molecular flexibility index (Phi) is 4.45. The molecule has 0 heteroatoms. The lowest BCUT2D eigenvalue weighted by atomic mass is 9.59. The smallest absolute Gasteiger partial charge is 0.00533 e. The van der Waals surface area contributed by atoms with E-state index in [9.17, 15) is 0 Å². The Morgan fingerprint density at radius 2 is 1.70 bits per heavy atom. The third kappa shape index (κ3) is 2.47. The zero-order valence-electron chi connectivity index (χ0n) is 15.5. The zero-order chi connectivity index (χ0) is 15.9. The molecule has 23 heavy (non-hydrogen) atoms. The van der Waals surface area contributed by atoms with Crippen molar-refractivity contribution in [1.29, 1.82) is 0 Å². The van der Waals surface area contributed by atoms with Gasteiger partial charge in [-0.15, -0.1) is 0 Å². The lowest BCUT2D eigenvalue weighted by Crippen LogP contribution is -2.36. The van der Waals surface area contributed by atoms with Crippen molar-refractivity contribution in [2.75, 3.05) is 0 Å². The molecular formula is C23H36. The fourth-order valence-electron chi connectivity index (χ4n) is 7.19. The molecule has 0 aromatic heterocycles. The van der Waals surface area contributed by atoms with E-state index in [1.54, 1.807) is 24.8 Å². The first-order chi connectivity index (χ1) is 11.3. The van der Waals surface area contributed by atoms with Crippen molar-refractivity contribution in [3.8, 4) is 0 Å². The molecule has 128 valence electrons. The Balaban J connectivity index is 1.69. The lowest BCUT2D eigenvalue weighted by molar-refractivity contribution is 0.106. The van der Waals surface area contributed by atoms with E-state index in [1.807, 2.05) is 11.1 Å². The van der Waals surface area contributed by atoms with Gasteiger partial charge in [0.2, 0.25) is 0 Å². The molecule has 0 aliphatic heterocycles. The highest BCUT2D eigenvalue weighted by Crippen LogP contribution is 2.60. The maximum atomic E-state index is 2.62. The fourth-order valence-corrected chi connectivity index (χ4v) is 7.19. The van der Waals surface area contributed by atoms with Gasteiger partial charge in [-0.2, -0.15) is 0 Å². The summed E-state index contributed by atoms with van der Waals surface area (Å²) in [6.45, 7) is 5.02. The summed E-state index contributed by atoms with van der Waals surface area (Å²) in [5.74, 6) is 3.14. The summed E-state index contributed by atoms with van der Waals surface area (Å²) in [7, 11) is 0.